The molecule has 3 atom stereocenters. The zero-order valence-corrected chi connectivity index (χ0v) is 87.2. The van der Waals surface area contributed by atoms with Gasteiger partial charge in [0.1, 0.15) is 0 Å². The summed E-state index contributed by atoms with van der Waals surface area (Å²) < 4.78 is 0. The number of carbonyl (C=O) groups excluding carboxylic acids is 12. The van der Waals surface area contributed by atoms with Gasteiger partial charge in [-0.2, -0.15) is 60.6 Å². The van der Waals surface area contributed by atoms with Crippen LogP contribution >= 0.6 is 0 Å². The maximum Gasteiger partial charge on any atom is 0.258 e. The predicted molar refractivity (Wildman–Crippen MR) is 580 cm³/mol. The first-order chi connectivity index (χ1) is 71.8. The zero-order chi connectivity index (χ0) is 107. The first-order valence-electron chi connectivity index (χ1n) is 50.3. The monoisotopic (exact) mass is 2040 g/mol. The van der Waals surface area contributed by atoms with Gasteiger partial charge >= 0.3 is 0 Å². The molecule has 45 nitrogen and oxygen atoms in total. The van der Waals surface area contributed by atoms with E-state index in [0.29, 0.717) is 137 Å². The van der Waals surface area contributed by atoms with Crippen LogP contribution in [0.25, 0.3) is 0 Å². The van der Waals surface area contributed by atoms with Gasteiger partial charge in [-0.05, 0) is 290 Å². The van der Waals surface area contributed by atoms with E-state index in [0.717, 1.165) is 147 Å². The van der Waals surface area contributed by atoms with Crippen molar-refractivity contribution in [1.29, 1.82) is 0 Å². The Bertz CT molecular complexity index is 6060. The molecule has 3 unspecified atom stereocenters. The van der Waals surface area contributed by atoms with Crippen LogP contribution in [0.2, 0.25) is 0 Å². The number of ketones is 3. The molecule has 0 fully saturated rings. The molecule has 9 aromatic rings. The Hall–Kier alpha value is -15.8. The Morgan fingerprint density at radius 3 is 0.940 bits per heavy atom. The first kappa shape index (κ1) is 115. The lowest BCUT2D eigenvalue weighted by atomic mass is 10.1. The molecular formula is C104H139N33O12. The second-order valence-corrected chi connectivity index (χ2v) is 35.3. The fraction of sp³-hybridized carbons (Fsp3) is 0.423. The van der Waals surface area contributed by atoms with E-state index in [1.54, 1.807) is 103 Å². The van der Waals surface area contributed by atoms with Crippen LogP contribution in [0.4, 0.5) is 104 Å². The number of nitrogens with zero attached hydrogens (tertiary/aromatic N) is 17. The summed E-state index contributed by atoms with van der Waals surface area (Å²) in [5, 5.41) is 71.7. The molecule has 12 rings (SSSR count). The summed E-state index contributed by atoms with van der Waals surface area (Å²) in [7, 11) is 5.85. The average molecular weight is 2040 g/mol. The Labute approximate surface area is 868 Å². The standard InChI is InChI=1S/C41H53N9O6.C35H50N12O3.C28H36N12O3/c1-6-49(7-2)20-10-18-42-38(53)30-22-31(39(54)43-19-11-21-50(8-3)9-4)24-34(23-30)45-40(55)28-12-15-32(16-13-28)47-48-37(27(5)51)41(56)44-33-17-14-29-25-36(52)46-35(29)26-33;1-6-46(7-2)20-10-18-36-33-41-34(37-19-11-21-47(8-3)9-4)43-35(42-33)39-26-14-16-27(17-15-26)44-45-31(24(5)48)32(50)38-28-13-12-25-22-30(49)40-29(25)23-28;1-17(41)24(25(43)32-21-6-5-18-15-23(42)34-22(18)16-21)39-38-20-9-7-19(8-10-20)33-28-36-26(30-12-11-29-2)35-27(37-28)31-13-14-40(3)4/h12-17,22-24,26,37H,6-11,18-21,25H2,1-5H3,(H,42,53)(H,43,54)(H,44,56)(H,45,55)(H,46,52);12-17,23,31H,6-11,18-22H2,1-5H3,(H,38,50)(H,40,49)(H3,36,37,39,41,42,43);5-10,16,24,29H,11-15H2,1-4H3,(H,32,43)(H,34,42)(H3,30,31,33,35,36,37). The van der Waals surface area contributed by atoms with Crippen molar-refractivity contribution < 1.29 is 57.5 Å². The Morgan fingerprint density at radius 2 is 0.624 bits per heavy atom. The van der Waals surface area contributed by atoms with Crippen LogP contribution in [0.3, 0.4) is 0 Å². The van der Waals surface area contributed by atoms with Crippen LogP contribution < -0.4 is 85.1 Å². The number of nitrogens with one attached hydrogen (secondary N) is 16. The van der Waals surface area contributed by atoms with Gasteiger partial charge in [0.05, 0.1) is 36.3 Å². The minimum atomic E-state index is -1.43. The lowest BCUT2D eigenvalue weighted by Gasteiger charge is -2.18. The maximum atomic E-state index is 13.4. The largest absolute Gasteiger partial charge is 0.354 e. The van der Waals surface area contributed by atoms with Crippen molar-refractivity contribution >= 4 is 174 Å². The summed E-state index contributed by atoms with van der Waals surface area (Å²) >= 11 is 0. The van der Waals surface area contributed by atoms with Crippen molar-refractivity contribution in [2.24, 2.45) is 30.7 Å². The summed E-state index contributed by atoms with van der Waals surface area (Å²) in [6.07, 6.45) is 4.29. The predicted octanol–water partition coefficient (Wildman–Crippen LogP) is 12.5. The summed E-state index contributed by atoms with van der Waals surface area (Å²) in [5.41, 5.74) is 9.23. The molecular weight excluding hydrogens is 1900 g/mol. The Kier molecular flexibility index (Phi) is 46.1. The highest BCUT2D eigenvalue weighted by Crippen LogP contribution is 2.32. The van der Waals surface area contributed by atoms with Crippen molar-refractivity contribution in [3.8, 4) is 0 Å². The number of Topliss-reactive ketones (excluding diaryl/α,β-unsaturated/α-hetero) is 3. The number of fused-ring (bicyclic) bond motifs is 3. The minimum absolute atomic E-state index is 0.106. The van der Waals surface area contributed by atoms with Crippen molar-refractivity contribution in [2.45, 2.75) is 139 Å². The second-order valence-electron chi connectivity index (χ2n) is 35.3. The van der Waals surface area contributed by atoms with Crippen LogP contribution in [-0.4, -0.2) is 295 Å². The lowest BCUT2D eigenvalue weighted by Crippen LogP contribution is -2.31. The van der Waals surface area contributed by atoms with E-state index < -0.39 is 59.1 Å². The quantitative estimate of drug-likeness (QED) is 0.00956. The Morgan fingerprint density at radius 1 is 0.322 bits per heavy atom. The van der Waals surface area contributed by atoms with Crippen molar-refractivity contribution in [2.75, 3.05) is 221 Å². The van der Waals surface area contributed by atoms with Gasteiger partial charge in [-0.1, -0.05) is 73.6 Å². The van der Waals surface area contributed by atoms with Crippen molar-refractivity contribution in [1.82, 2.24) is 70.4 Å². The van der Waals surface area contributed by atoms with Gasteiger partial charge in [0, 0.05) is 120 Å². The van der Waals surface area contributed by atoms with E-state index in [4.69, 9.17) is 0 Å². The average Bonchev–Trinajstić information content (AvgIpc) is 1.66. The van der Waals surface area contributed by atoms with Gasteiger partial charge in [0.15, 0.2) is 17.3 Å². The van der Waals surface area contributed by atoms with Gasteiger partial charge in [0.25, 0.3) is 35.4 Å². The molecule has 3 aliphatic rings. The van der Waals surface area contributed by atoms with E-state index in [-0.39, 0.29) is 58.3 Å². The summed E-state index contributed by atoms with van der Waals surface area (Å²) in [5.74, 6) is -2.37. The molecule has 0 saturated carbocycles. The molecule has 5 heterocycles. The number of hydrogen-bond donors (Lipinski definition) is 16. The number of anilines is 15. The minimum Gasteiger partial charge on any atom is -0.354 e. The van der Waals surface area contributed by atoms with Crippen LogP contribution in [0, 0.1) is 0 Å². The number of benzene rings is 7. The molecule has 7 aromatic carbocycles. The molecule has 149 heavy (non-hydrogen) atoms. The fourth-order valence-corrected chi connectivity index (χ4v) is 15.4. The SMILES string of the molecule is CCN(CC)CCCNC(=O)c1cc(NC(=O)c2ccc(N=NC(C(C)=O)C(=O)Nc3ccc4c(c3)NC(=O)C4)cc2)cc(C(=O)NCCCN(CC)CC)c1.CCN(CC)CCCNc1nc(NCCCN(CC)CC)nc(Nc2ccc(N=NC(C(C)=O)C(=O)Nc3ccc4c(c3)NC(=O)C4)cc2)n1.CNCCNc1nc(NCCN(C)C)nc(Nc2ccc(N=NC(C(C)=O)C(=O)Nc3ccc4c(c3)NC(=O)C4)cc2)n1. The molecule has 2 aromatic heterocycles. The molecule has 0 aliphatic carbocycles. The molecule has 3 aliphatic heterocycles. The molecule has 0 bridgehead atoms. The molecule has 9 amide bonds. The number of amides is 9. The van der Waals surface area contributed by atoms with Gasteiger partial charge in [0.2, 0.25) is 71.5 Å². The van der Waals surface area contributed by atoms with E-state index in [1.807, 2.05) is 21.1 Å². The lowest BCUT2D eigenvalue weighted by molar-refractivity contribution is -0.127. The summed E-state index contributed by atoms with van der Waals surface area (Å²) in [4.78, 5) is 189. The van der Waals surface area contributed by atoms with E-state index in [2.05, 4.69) is 226 Å². The molecule has 45 heteroatoms. The highest BCUT2D eigenvalue weighted by atomic mass is 16.2. The third kappa shape index (κ3) is 37.9. The van der Waals surface area contributed by atoms with Crippen molar-refractivity contribution in [3.05, 3.63) is 179 Å². The van der Waals surface area contributed by atoms with E-state index >= 15 is 0 Å². The van der Waals surface area contributed by atoms with Crippen molar-refractivity contribution in [3.63, 3.8) is 0 Å². The Balaban J connectivity index is 0.000000230. The maximum absolute atomic E-state index is 13.4. The van der Waals surface area contributed by atoms with Gasteiger partial charge in [-0.15, -0.1) is 0 Å². The fourth-order valence-electron chi connectivity index (χ4n) is 15.4. The van der Waals surface area contributed by atoms with Crippen LogP contribution in [0.15, 0.2) is 176 Å². The molecule has 0 spiro atoms. The highest BCUT2D eigenvalue weighted by molar-refractivity contribution is 6.13. The molecule has 0 saturated heterocycles. The van der Waals surface area contributed by atoms with Crippen LogP contribution in [-0.2, 0) is 62.4 Å². The zero-order valence-electron chi connectivity index (χ0n) is 87.2. The second kappa shape index (κ2) is 59.7. The number of rotatable bonds is 57. The first-order valence-corrected chi connectivity index (χ1v) is 50.3. The van der Waals surface area contributed by atoms with E-state index in [9.17, 15) is 57.5 Å². The number of likely N-dealkylation sites (N-methyl/N-ethyl adjacent to an activating group) is 2. The molecule has 0 radical (unpaired) electrons. The highest BCUT2D eigenvalue weighted by Gasteiger charge is 2.30. The topological polar surface area (TPSA) is 565 Å². The number of carbonyl (C=O) groups is 12. The molecule has 16 N–H and O–H groups in total. The molecule has 792 valence electrons. The third-order valence-electron chi connectivity index (χ3n) is 24.0. The van der Waals surface area contributed by atoms with E-state index in [1.165, 1.54) is 63.2 Å². The van der Waals surface area contributed by atoms with Crippen LogP contribution in [0.5, 0.6) is 0 Å². The van der Waals surface area contributed by atoms with Gasteiger partial charge < -0.3 is 110 Å². The van der Waals surface area contributed by atoms with Gasteiger partial charge in [-0.25, -0.2) is 0 Å². The normalized spacial score (nSPS) is 12.9. The smallest absolute Gasteiger partial charge is 0.258 e. The summed E-state index contributed by atoms with van der Waals surface area (Å²) in [6, 6.07) is 35.5. The summed E-state index contributed by atoms with van der Waals surface area (Å²) in [6.45, 7) is 37.5. The number of hydrogen-bond acceptors (Lipinski definition) is 36. The number of azo groups is 3. The van der Waals surface area contributed by atoms with Crippen LogP contribution in [0.1, 0.15) is 150 Å². The van der Waals surface area contributed by atoms with Gasteiger partial charge in [-0.3, -0.25) is 57.5 Å². The third-order valence-corrected chi connectivity index (χ3v) is 24.0. The number of aromatic nitrogens is 6.